The first-order chi connectivity index (χ1) is 11.2. The van der Waals surface area contributed by atoms with Crippen molar-refractivity contribution in [3.05, 3.63) is 30.0 Å². The number of fused-ring (bicyclic) bond motifs is 1. The second-order valence-corrected chi connectivity index (χ2v) is 5.89. The van der Waals surface area contributed by atoms with Crippen molar-refractivity contribution in [3.63, 3.8) is 0 Å². The van der Waals surface area contributed by atoms with Crippen LogP contribution in [-0.2, 0) is 9.47 Å². The van der Waals surface area contributed by atoms with Crippen molar-refractivity contribution in [1.29, 1.82) is 0 Å². The van der Waals surface area contributed by atoms with E-state index in [2.05, 4.69) is 0 Å². The second-order valence-electron chi connectivity index (χ2n) is 5.89. The van der Waals surface area contributed by atoms with Crippen molar-refractivity contribution in [1.82, 2.24) is 4.90 Å². The van der Waals surface area contributed by atoms with E-state index in [1.54, 1.807) is 18.1 Å². The zero-order chi connectivity index (χ0) is 15.9. The minimum absolute atomic E-state index is 0.101. The number of rotatable bonds is 2. The van der Waals surface area contributed by atoms with Gasteiger partial charge in [0.25, 0.3) is 5.91 Å². The molecular formula is C17H19NO5. The summed E-state index contributed by atoms with van der Waals surface area (Å²) < 4.78 is 22.4. The SMILES string of the molecule is COc1cccc2cc(C(=O)N3CCC4(CC3)OCCO4)oc12. The summed E-state index contributed by atoms with van der Waals surface area (Å²) in [5, 5.41) is 0.864. The first kappa shape index (κ1) is 14.5. The van der Waals surface area contributed by atoms with Gasteiger partial charge in [-0.25, -0.2) is 0 Å². The number of piperidine rings is 1. The molecule has 6 nitrogen and oxygen atoms in total. The maximum atomic E-state index is 12.7. The quantitative estimate of drug-likeness (QED) is 0.851. The molecule has 4 rings (SSSR count). The first-order valence-electron chi connectivity index (χ1n) is 7.84. The molecule has 0 bridgehead atoms. The van der Waals surface area contributed by atoms with Gasteiger partial charge in [-0.05, 0) is 12.1 Å². The van der Waals surface area contributed by atoms with Crippen LogP contribution in [0.1, 0.15) is 23.4 Å². The lowest BCUT2D eigenvalue weighted by atomic mass is 10.0. The Morgan fingerprint density at radius 2 is 1.96 bits per heavy atom. The van der Waals surface area contributed by atoms with E-state index in [9.17, 15) is 4.79 Å². The minimum Gasteiger partial charge on any atom is -0.493 e. The Bertz CT molecular complexity index is 722. The Balaban J connectivity index is 1.53. The number of carbonyl (C=O) groups is 1. The summed E-state index contributed by atoms with van der Waals surface area (Å²) in [5.41, 5.74) is 0.606. The molecule has 2 fully saturated rings. The van der Waals surface area contributed by atoms with Crippen LogP contribution in [0.4, 0.5) is 0 Å². The minimum atomic E-state index is -0.478. The average molecular weight is 317 g/mol. The molecule has 0 N–H and O–H groups in total. The van der Waals surface area contributed by atoms with Crippen molar-refractivity contribution in [3.8, 4) is 5.75 Å². The third-order valence-electron chi connectivity index (χ3n) is 4.56. The summed E-state index contributed by atoms with van der Waals surface area (Å²) in [6.45, 7) is 2.48. The molecule has 122 valence electrons. The van der Waals surface area contributed by atoms with Crippen LogP contribution in [0.2, 0.25) is 0 Å². The maximum absolute atomic E-state index is 12.7. The number of hydrogen-bond acceptors (Lipinski definition) is 5. The summed E-state index contributed by atoms with van der Waals surface area (Å²) in [4.78, 5) is 14.5. The molecule has 23 heavy (non-hydrogen) atoms. The van der Waals surface area contributed by atoms with E-state index in [4.69, 9.17) is 18.6 Å². The smallest absolute Gasteiger partial charge is 0.289 e. The summed E-state index contributed by atoms with van der Waals surface area (Å²) in [6.07, 6.45) is 1.39. The molecule has 0 radical (unpaired) electrons. The summed E-state index contributed by atoms with van der Waals surface area (Å²) >= 11 is 0. The zero-order valence-corrected chi connectivity index (χ0v) is 13.0. The number of nitrogens with zero attached hydrogens (tertiary/aromatic N) is 1. The third kappa shape index (κ3) is 2.48. The van der Waals surface area contributed by atoms with Crippen LogP contribution in [0, 0.1) is 0 Å². The van der Waals surface area contributed by atoms with Crippen LogP contribution in [-0.4, -0.2) is 50.0 Å². The van der Waals surface area contributed by atoms with Crippen LogP contribution in [0.3, 0.4) is 0 Å². The van der Waals surface area contributed by atoms with E-state index < -0.39 is 5.79 Å². The molecular weight excluding hydrogens is 298 g/mol. The summed E-state index contributed by atoms with van der Waals surface area (Å²) in [7, 11) is 1.59. The molecule has 0 unspecified atom stereocenters. The molecule has 0 saturated carbocycles. The lowest BCUT2D eigenvalue weighted by Crippen LogP contribution is -2.47. The standard InChI is InChI=1S/C17H19NO5/c1-20-13-4-2-3-12-11-14(23-15(12)13)16(19)18-7-5-17(6-8-18)21-9-10-22-17/h2-4,11H,5-10H2,1H3. The zero-order valence-electron chi connectivity index (χ0n) is 13.0. The molecule has 2 saturated heterocycles. The lowest BCUT2D eigenvalue weighted by Gasteiger charge is -2.37. The van der Waals surface area contributed by atoms with E-state index in [1.807, 2.05) is 18.2 Å². The fourth-order valence-corrected chi connectivity index (χ4v) is 3.29. The van der Waals surface area contributed by atoms with Gasteiger partial charge in [0.05, 0.1) is 20.3 Å². The van der Waals surface area contributed by atoms with Crippen LogP contribution in [0.15, 0.2) is 28.7 Å². The van der Waals surface area contributed by atoms with Crippen LogP contribution in [0.25, 0.3) is 11.0 Å². The summed E-state index contributed by atoms with van der Waals surface area (Å²) in [5.74, 6) is 0.394. The molecule has 6 heteroatoms. The van der Waals surface area contributed by atoms with Gasteiger partial charge in [-0.2, -0.15) is 0 Å². The normalized spacial score (nSPS) is 20.3. The van der Waals surface area contributed by atoms with Crippen LogP contribution >= 0.6 is 0 Å². The molecule has 1 spiro atoms. The Kier molecular flexibility index (Phi) is 3.50. The van der Waals surface area contributed by atoms with Gasteiger partial charge in [0, 0.05) is 31.3 Å². The largest absolute Gasteiger partial charge is 0.493 e. The number of likely N-dealkylation sites (tertiary alicyclic amines) is 1. The first-order valence-corrected chi connectivity index (χ1v) is 7.84. The Hall–Kier alpha value is -2.05. The maximum Gasteiger partial charge on any atom is 0.289 e. The highest BCUT2D eigenvalue weighted by atomic mass is 16.7. The molecule has 2 aromatic rings. The number of benzene rings is 1. The van der Waals surface area contributed by atoms with Crippen molar-refractivity contribution < 1.29 is 23.4 Å². The van der Waals surface area contributed by atoms with Gasteiger partial charge in [0.1, 0.15) is 0 Å². The number of amides is 1. The highest BCUT2D eigenvalue weighted by molar-refractivity contribution is 5.97. The molecule has 3 heterocycles. The molecule has 2 aliphatic heterocycles. The molecule has 0 aliphatic carbocycles. The second kappa shape index (κ2) is 5.54. The predicted molar refractivity (Wildman–Crippen MR) is 82.5 cm³/mol. The van der Waals surface area contributed by atoms with Gasteiger partial charge in [0.2, 0.25) is 0 Å². The third-order valence-corrected chi connectivity index (χ3v) is 4.56. The van der Waals surface area contributed by atoms with Crippen molar-refractivity contribution in [2.24, 2.45) is 0 Å². The monoisotopic (exact) mass is 317 g/mol. The highest BCUT2D eigenvalue weighted by Gasteiger charge is 2.41. The molecule has 1 aromatic heterocycles. The van der Waals surface area contributed by atoms with E-state index in [1.165, 1.54) is 0 Å². The van der Waals surface area contributed by atoms with E-state index >= 15 is 0 Å². The van der Waals surface area contributed by atoms with Gasteiger partial charge >= 0.3 is 0 Å². The van der Waals surface area contributed by atoms with E-state index in [0.29, 0.717) is 56.2 Å². The highest BCUT2D eigenvalue weighted by Crippen LogP contribution is 2.33. The van der Waals surface area contributed by atoms with Crippen LogP contribution in [0.5, 0.6) is 5.75 Å². The Labute approximate surface area is 133 Å². The topological polar surface area (TPSA) is 61.1 Å². The molecule has 1 aromatic carbocycles. The average Bonchev–Trinajstić information content (AvgIpc) is 3.21. The summed E-state index contributed by atoms with van der Waals surface area (Å²) in [6, 6.07) is 7.38. The number of ether oxygens (including phenoxy) is 3. The molecule has 0 atom stereocenters. The van der Waals surface area contributed by atoms with Gasteiger partial charge in [-0.15, -0.1) is 0 Å². The fraction of sp³-hybridized carbons (Fsp3) is 0.471. The van der Waals surface area contributed by atoms with Crippen molar-refractivity contribution in [2.45, 2.75) is 18.6 Å². The molecule has 1 amide bonds. The number of furan rings is 1. The predicted octanol–water partition coefficient (Wildman–Crippen LogP) is 2.42. The number of hydrogen-bond donors (Lipinski definition) is 0. The van der Waals surface area contributed by atoms with Gasteiger partial charge in [0.15, 0.2) is 22.9 Å². The Morgan fingerprint density at radius 1 is 1.22 bits per heavy atom. The number of methoxy groups -OCH3 is 1. The van der Waals surface area contributed by atoms with Crippen molar-refractivity contribution in [2.75, 3.05) is 33.4 Å². The lowest BCUT2D eigenvalue weighted by molar-refractivity contribution is -0.181. The van der Waals surface area contributed by atoms with Gasteiger partial charge < -0.3 is 23.5 Å². The van der Waals surface area contributed by atoms with E-state index in [-0.39, 0.29) is 5.91 Å². The van der Waals surface area contributed by atoms with Crippen LogP contribution < -0.4 is 4.74 Å². The van der Waals surface area contributed by atoms with E-state index in [0.717, 1.165) is 5.39 Å². The van der Waals surface area contributed by atoms with Gasteiger partial charge in [-0.1, -0.05) is 12.1 Å². The Morgan fingerprint density at radius 3 is 2.65 bits per heavy atom. The number of carbonyl (C=O) groups excluding carboxylic acids is 1. The fourth-order valence-electron chi connectivity index (χ4n) is 3.29. The van der Waals surface area contributed by atoms with Gasteiger partial charge in [-0.3, -0.25) is 4.79 Å². The molecule has 2 aliphatic rings. The number of para-hydroxylation sites is 1. The van der Waals surface area contributed by atoms with Crippen molar-refractivity contribution >= 4 is 16.9 Å².